The summed E-state index contributed by atoms with van der Waals surface area (Å²) < 4.78 is 5.51. The van der Waals surface area contributed by atoms with Crippen LogP contribution in [0.3, 0.4) is 0 Å². The van der Waals surface area contributed by atoms with Gasteiger partial charge in [-0.05, 0) is 37.5 Å². The van der Waals surface area contributed by atoms with Crippen molar-refractivity contribution in [3.8, 4) is 5.88 Å². The number of hydrogen-bond donors (Lipinski definition) is 1. The summed E-state index contributed by atoms with van der Waals surface area (Å²) in [7, 11) is 0. The lowest BCUT2D eigenvalue weighted by atomic mass is 9.98. The second-order valence-corrected chi connectivity index (χ2v) is 5.20. The van der Waals surface area contributed by atoms with Gasteiger partial charge in [-0.25, -0.2) is 4.98 Å². The number of benzene rings is 1. The number of anilines is 2. The molecule has 1 aliphatic rings. The highest BCUT2D eigenvalue weighted by Crippen LogP contribution is 2.28. The van der Waals surface area contributed by atoms with Crippen molar-refractivity contribution in [1.82, 2.24) is 9.97 Å². The first-order valence-corrected chi connectivity index (χ1v) is 7.27. The molecule has 0 aliphatic carbocycles. The van der Waals surface area contributed by atoms with Crippen LogP contribution < -0.4 is 15.4 Å². The number of hydrogen-bond acceptors (Lipinski definition) is 5. The number of ether oxygens (including phenoxy) is 1. The Morgan fingerprint density at radius 3 is 3.00 bits per heavy atom. The number of fused-ring (bicyclic) bond motifs is 1. The molecule has 2 heterocycles. The van der Waals surface area contributed by atoms with E-state index in [9.17, 15) is 0 Å². The highest BCUT2D eigenvalue weighted by atomic mass is 16.5. The van der Waals surface area contributed by atoms with E-state index in [1.165, 1.54) is 11.1 Å². The van der Waals surface area contributed by atoms with Crippen LogP contribution in [0, 0.1) is 6.92 Å². The summed E-state index contributed by atoms with van der Waals surface area (Å²) in [5.41, 5.74) is 9.48. The van der Waals surface area contributed by atoms with E-state index >= 15 is 0 Å². The lowest BCUT2D eigenvalue weighted by Crippen LogP contribution is -2.31. The van der Waals surface area contributed by atoms with Crippen molar-refractivity contribution in [2.24, 2.45) is 0 Å². The van der Waals surface area contributed by atoms with Gasteiger partial charge in [-0.3, -0.25) is 0 Å². The van der Waals surface area contributed by atoms with E-state index in [1.807, 2.05) is 32.0 Å². The zero-order valence-corrected chi connectivity index (χ0v) is 12.5. The smallest absolute Gasteiger partial charge is 0.218 e. The maximum Gasteiger partial charge on any atom is 0.218 e. The van der Waals surface area contributed by atoms with Gasteiger partial charge in [0.25, 0.3) is 0 Å². The van der Waals surface area contributed by atoms with Crippen LogP contribution in [0.2, 0.25) is 0 Å². The second kappa shape index (κ2) is 5.60. The number of aromatic nitrogens is 2. The molecule has 0 bridgehead atoms. The molecular weight excluding hydrogens is 264 g/mol. The van der Waals surface area contributed by atoms with Crippen molar-refractivity contribution >= 4 is 11.5 Å². The van der Waals surface area contributed by atoms with Crippen molar-refractivity contribution < 1.29 is 4.74 Å². The molecule has 0 fully saturated rings. The van der Waals surface area contributed by atoms with Crippen LogP contribution in [-0.2, 0) is 13.0 Å². The Morgan fingerprint density at radius 1 is 1.33 bits per heavy atom. The molecule has 0 radical (unpaired) electrons. The van der Waals surface area contributed by atoms with Gasteiger partial charge in [0.2, 0.25) is 5.88 Å². The first kappa shape index (κ1) is 13.7. The predicted molar refractivity (Wildman–Crippen MR) is 83.5 cm³/mol. The average Bonchev–Trinajstić information content (AvgIpc) is 2.47. The second-order valence-electron chi connectivity index (χ2n) is 5.20. The van der Waals surface area contributed by atoms with Crippen molar-refractivity contribution in [2.45, 2.75) is 26.8 Å². The van der Waals surface area contributed by atoms with E-state index in [2.05, 4.69) is 20.9 Å². The summed E-state index contributed by atoms with van der Waals surface area (Å²) in [5, 5.41) is 0. The maximum absolute atomic E-state index is 6.05. The summed E-state index contributed by atoms with van der Waals surface area (Å²) >= 11 is 0. The van der Waals surface area contributed by atoms with Gasteiger partial charge in [0.1, 0.15) is 11.6 Å². The zero-order chi connectivity index (χ0) is 14.8. The Labute approximate surface area is 124 Å². The summed E-state index contributed by atoms with van der Waals surface area (Å²) in [6.07, 6.45) is 0.940. The van der Waals surface area contributed by atoms with Gasteiger partial charge in [0.15, 0.2) is 0 Å². The zero-order valence-electron chi connectivity index (χ0n) is 12.5. The first-order valence-electron chi connectivity index (χ1n) is 7.27. The molecule has 5 heteroatoms. The summed E-state index contributed by atoms with van der Waals surface area (Å²) in [5.74, 6) is 2.28. The Balaban J connectivity index is 1.89. The van der Waals surface area contributed by atoms with Crippen molar-refractivity contribution in [2.75, 3.05) is 23.8 Å². The van der Waals surface area contributed by atoms with E-state index in [0.29, 0.717) is 12.5 Å². The minimum atomic E-state index is 0.606. The van der Waals surface area contributed by atoms with Gasteiger partial charge in [-0.15, -0.1) is 0 Å². The van der Waals surface area contributed by atoms with E-state index < -0.39 is 0 Å². The molecule has 1 aromatic carbocycles. The molecule has 1 aliphatic heterocycles. The lowest BCUT2D eigenvalue weighted by molar-refractivity contribution is 0.325. The summed E-state index contributed by atoms with van der Waals surface area (Å²) in [6, 6.07) is 8.02. The van der Waals surface area contributed by atoms with Crippen LogP contribution in [0.1, 0.15) is 23.9 Å². The van der Waals surface area contributed by atoms with Crippen LogP contribution in [0.25, 0.3) is 0 Å². The molecule has 21 heavy (non-hydrogen) atoms. The fourth-order valence-electron chi connectivity index (χ4n) is 2.74. The van der Waals surface area contributed by atoms with Gasteiger partial charge < -0.3 is 15.4 Å². The van der Waals surface area contributed by atoms with Crippen molar-refractivity contribution in [3.63, 3.8) is 0 Å². The number of nitrogens with zero attached hydrogens (tertiary/aromatic N) is 3. The van der Waals surface area contributed by atoms with Crippen LogP contribution >= 0.6 is 0 Å². The summed E-state index contributed by atoms with van der Waals surface area (Å²) in [4.78, 5) is 11.1. The van der Waals surface area contributed by atoms with E-state index in [-0.39, 0.29) is 0 Å². The van der Waals surface area contributed by atoms with Gasteiger partial charge in [-0.1, -0.05) is 12.1 Å². The van der Waals surface area contributed by atoms with Gasteiger partial charge in [0.05, 0.1) is 6.61 Å². The average molecular weight is 284 g/mol. The number of rotatable bonds is 3. The fraction of sp³-hybridized carbons (Fsp3) is 0.375. The summed E-state index contributed by atoms with van der Waals surface area (Å²) in [6.45, 7) is 6.18. The predicted octanol–water partition coefficient (Wildman–Crippen LogP) is 2.33. The molecule has 0 unspecified atom stereocenters. The minimum Gasteiger partial charge on any atom is -0.478 e. The molecule has 0 atom stereocenters. The highest BCUT2D eigenvalue weighted by molar-refractivity contribution is 5.55. The molecule has 2 N–H and O–H groups in total. The SMILES string of the molecule is CCOc1cc(N2CCc3c(N)cccc3C2)nc(C)n1. The highest BCUT2D eigenvalue weighted by Gasteiger charge is 2.20. The van der Waals surface area contributed by atoms with Crippen LogP contribution in [-0.4, -0.2) is 23.1 Å². The van der Waals surface area contributed by atoms with Crippen LogP contribution in [0.4, 0.5) is 11.5 Å². The molecule has 1 aromatic heterocycles. The van der Waals surface area contributed by atoms with Crippen LogP contribution in [0.5, 0.6) is 5.88 Å². The molecule has 110 valence electrons. The Morgan fingerprint density at radius 2 is 2.19 bits per heavy atom. The molecule has 0 amide bonds. The molecule has 5 nitrogen and oxygen atoms in total. The van der Waals surface area contributed by atoms with Gasteiger partial charge in [-0.2, -0.15) is 4.98 Å². The van der Waals surface area contributed by atoms with E-state index in [4.69, 9.17) is 10.5 Å². The molecule has 0 saturated heterocycles. The Hall–Kier alpha value is -2.30. The maximum atomic E-state index is 6.05. The van der Waals surface area contributed by atoms with Gasteiger partial charge >= 0.3 is 0 Å². The minimum absolute atomic E-state index is 0.606. The molecular formula is C16H20N4O. The largest absolute Gasteiger partial charge is 0.478 e. The van der Waals surface area contributed by atoms with E-state index in [1.54, 1.807) is 0 Å². The lowest BCUT2D eigenvalue weighted by Gasteiger charge is -2.30. The Kier molecular flexibility index (Phi) is 3.64. The van der Waals surface area contributed by atoms with E-state index in [0.717, 1.165) is 36.8 Å². The van der Waals surface area contributed by atoms with Gasteiger partial charge in [0, 0.05) is 24.8 Å². The van der Waals surface area contributed by atoms with Crippen molar-refractivity contribution in [3.05, 3.63) is 41.2 Å². The molecule has 3 rings (SSSR count). The first-order chi connectivity index (χ1) is 10.2. The topological polar surface area (TPSA) is 64.3 Å². The molecule has 0 saturated carbocycles. The Bertz CT molecular complexity index is 657. The molecule has 0 spiro atoms. The molecule has 2 aromatic rings. The third kappa shape index (κ3) is 2.77. The number of nitrogens with two attached hydrogens (primary N) is 1. The monoisotopic (exact) mass is 284 g/mol. The van der Waals surface area contributed by atoms with Crippen LogP contribution in [0.15, 0.2) is 24.3 Å². The normalized spacial score (nSPS) is 13.9. The third-order valence-electron chi connectivity index (χ3n) is 3.72. The standard InChI is InChI=1S/C16H20N4O/c1-3-21-16-9-15(18-11(2)19-16)20-8-7-13-12(10-20)5-4-6-14(13)17/h4-6,9H,3,7-8,10,17H2,1-2H3. The number of nitrogen functional groups attached to an aromatic ring is 1. The number of aryl methyl sites for hydroxylation is 1. The van der Waals surface area contributed by atoms with Crippen molar-refractivity contribution in [1.29, 1.82) is 0 Å². The third-order valence-corrected chi connectivity index (χ3v) is 3.72. The quantitative estimate of drug-likeness (QED) is 0.876. The fourth-order valence-corrected chi connectivity index (χ4v) is 2.74.